The van der Waals surface area contributed by atoms with Gasteiger partial charge < -0.3 is 0 Å². The SMILES string of the molecule is CN1CCN(CCN2CCCCC2CCN2CCCCN2C)C1. The predicted octanol–water partition coefficient (Wildman–Crippen LogP) is 1.38. The van der Waals surface area contributed by atoms with Crippen molar-refractivity contribution >= 4 is 0 Å². The minimum absolute atomic E-state index is 0.819. The topological polar surface area (TPSA) is 16.2 Å². The third-order valence-electron chi connectivity index (χ3n) is 6.04. The van der Waals surface area contributed by atoms with Crippen LogP contribution in [-0.4, -0.2) is 104 Å². The van der Waals surface area contributed by atoms with Crippen LogP contribution in [0.1, 0.15) is 38.5 Å². The molecule has 3 aliphatic heterocycles. The Bertz CT molecular complexity index is 350. The Morgan fingerprint density at radius 2 is 1.61 bits per heavy atom. The van der Waals surface area contributed by atoms with Gasteiger partial charge in [-0.2, -0.15) is 0 Å². The summed E-state index contributed by atoms with van der Waals surface area (Å²) < 4.78 is 0. The Morgan fingerprint density at radius 1 is 0.783 bits per heavy atom. The minimum Gasteiger partial charge on any atom is -0.299 e. The molecular weight excluding hydrogens is 286 g/mol. The fourth-order valence-electron chi connectivity index (χ4n) is 4.46. The summed E-state index contributed by atoms with van der Waals surface area (Å²) in [5, 5.41) is 5.04. The number of nitrogens with zero attached hydrogens (tertiary/aromatic N) is 5. The van der Waals surface area contributed by atoms with E-state index >= 15 is 0 Å². The summed E-state index contributed by atoms with van der Waals surface area (Å²) in [5.74, 6) is 0. The van der Waals surface area contributed by atoms with E-state index in [-0.39, 0.29) is 0 Å². The standard InChI is InChI=1S/C18H37N5/c1-19-13-14-21(17-19)15-16-22-10-4-3-7-18(22)8-12-23-11-6-5-9-20(23)2/h18H,3-17H2,1-2H3. The van der Waals surface area contributed by atoms with Gasteiger partial charge in [0.2, 0.25) is 0 Å². The van der Waals surface area contributed by atoms with E-state index in [1.165, 1.54) is 90.9 Å². The van der Waals surface area contributed by atoms with Crippen LogP contribution in [0.15, 0.2) is 0 Å². The van der Waals surface area contributed by atoms with Gasteiger partial charge in [0.1, 0.15) is 0 Å². The van der Waals surface area contributed by atoms with E-state index in [4.69, 9.17) is 0 Å². The van der Waals surface area contributed by atoms with Gasteiger partial charge in [-0.1, -0.05) is 6.42 Å². The van der Waals surface area contributed by atoms with Crippen molar-refractivity contribution in [3.8, 4) is 0 Å². The predicted molar refractivity (Wildman–Crippen MR) is 96.3 cm³/mol. The zero-order valence-corrected chi connectivity index (χ0v) is 15.4. The molecule has 134 valence electrons. The largest absolute Gasteiger partial charge is 0.299 e. The summed E-state index contributed by atoms with van der Waals surface area (Å²) in [5.41, 5.74) is 0. The minimum atomic E-state index is 0.819. The molecule has 0 aromatic heterocycles. The van der Waals surface area contributed by atoms with E-state index < -0.39 is 0 Å². The molecule has 3 fully saturated rings. The van der Waals surface area contributed by atoms with Crippen molar-refractivity contribution < 1.29 is 0 Å². The van der Waals surface area contributed by atoms with Crippen LogP contribution < -0.4 is 0 Å². The fraction of sp³-hybridized carbons (Fsp3) is 1.00. The van der Waals surface area contributed by atoms with Crippen LogP contribution >= 0.6 is 0 Å². The molecule has 0 N–H and O–H groups in total. The highest BCUT2D eigenvalue weighted by Crippen LogP contribution is 2.21. The van der Waals surface area contributed by atoms with Crippen molar-refractivity contribution in [1.29, 1.82) is 0 Å². The molecule has 0 saturated carbocycles. The van der Waals surface area contributed by atoms with Gasteiger partial charge in [-0.15, -0.1) is 0 Å². The quantitative estimate of drug-likeness (QED) is 0.732. The Labute approximate surface area is 143 Å². The lowest BCUT2D eigenvalue weighted by molar-refractivity contribution is -0.0347. The molecule has 3 rings (SSSR count). The van der Waals surface area contributed by atoms with Gasteiger partial charge in [-0.25, -0.2) is 10.0 Å². The zero-order chi connectivity index (χ0) is 16.1. The third-order valence-corrected chi connectivity index (χ3v) is 6.04. The van der Waals surface area contributed by atoms with Crippen LogP contribution in [0.5, 0.6) is 0 Å². The monoisotopic (exact) mass is 323 g/mol. The van der Waals surface area contributed by atoms with Gasteiger partial charge in [-0.3, -0.25) is 14.7 Å². The third kappa shape index (κ3) is 5.13. The second-order valence-electron chi connectivity index (χ2n) is 7.86. The molecule has 0 bridgehead atoms. The van der Waals surface area contributed by atoms with E-state index in [0.29, 0.717) is 0 Å². The molecule has 0 amide bonds. The van der Waals surface area contributed by atoms with Gasteiger partial charge in [0.25, 0.3) is 0 Å². The van der Waals surface area contributed by atoms with Crippen LogP contribution in [0, 0.1) is 0 Å². The first-order chi connectivity index (χ1) is 11.2. The van der Waals surface area contributed by atoms with E-state index in [2.05, 4.69) is 38.8 Å². The molecule has 0 aliphatic carbocycles. The molecule has 23 heavy (non-hydrogen) atoms. The summed E-state index contributed by atoms with van der Waals surface area (Å²) in [7, 11) is 4.50. The van der Waals surface area contributed by atoms with Crippen molar-refractivity contribution in [2.75, 3.05) is 73.1 Å². The smallest absolute Gasteiger partial charge is 0.0504 e. The lowest BCUT2D eigenvalue weighted by Crippen LogP contribution is -2.48. The van der Waals surface area contributed by atoms with E-state index in [1.54, 1.807) is 0 Å². The van der Waals surface area contributed by atoms with Gasteiger partial charge >= 0.3 is 0 Å². The second-order valence-corrected chi connectivity index (χ2v) is 7.86. The summed E-state index contributed by atoms with van der Waals surface area (Å²) in [6.07, 6.45) is 8.35. The molecule has 3 aliphatic rings. The molecule has 0 radical (unpaired) electrons. The molecule has 5 heteroatoms. The highest BCUT2D eigenvalue weighted by atomic mass is 15.6. The number of hydrogen-bond acceptors (Lipinski definition) is 5. The van der Waals surface area contributed by atoms with Gasteiger partial charge in [0.05, 0.1) is 6.67 Å². The van der Waals surface area contributed by atoms with Crippen LogP contribution in [-0.2, 0) is 0 Å². The van der Waals surface area contributed by atoms with E-state index in [1.807, 2.05) is 0 Å². The highest BCUT2D eigenvalue weighted by Gasteiger charge is 2.25. The number of likely N-dealkylation sites (tertiary alicyclic amines) is 1. The van der Waals surface area contributed by atoms with Crippen LogP contribution in [0.25, 0.3) is 0 Å². The fourth-order valence-corrected chi connectivity index (χ4v) is 4.46. The molecule has 1 atom stereocenters. The molecule has 3 saturated heterocycles. The first-order valence-electron chi connectivity index (χ1n) is 9.83. The normalized spacial score (nSPS) is 30.3. The summed E-state index contributed by atoms with van der Waals surface area (Å²) in [4.78, 5) is 7.84. The first kappa shape index (κ1) is 17.6. The maximum Gasteiger partial charge on any atom is 0.0504 e. The van der Waals surface area contributed by atoms with Gasteiger partial charge in [-0.05, 0) is 45.7 Å². The first-order valence-corrected chi connectivity index (χ1v) is 9.83. The van der Waals surface area contributed by atoms with Crippen molar-refractivity contribution in [2.24, 2.45) is 0 Å². The second kappa shape index (κ2) is 8.77. The molecule has 3 heterocycles. The highest BCUT2D eigenvalue weighted by molar-refractivity contribution is 4.80. The van der Waals surface area contributed by atoms with Crippen LogP contribution in [0.2, 0.25) is 0 Å². The number of likely N-dealkylation sites (N-methyl/N-ethyl adjacent to an activating group) is 1. The number of hydrazine groups is 1. The maximum atomic E-state index is 2.80. The Balaban J connectivity index is 1.42. The van der Waals surface area contributed by atoms with Gasteiger partial charge in [0, 0.05) is 58.9 Å². The van der Waals surface area contributed by atoms with E-state index in [9.17, 15) is 0 Å². The maximum absolute atomic E-state index is 2.80. The summed E-state index contributed by atoms with van der Waals surface area (Å²) in [6, 6.07) is 0.819. The molecule has 0 aromatic carbocycles. The Morgan fingerprint density at radius 3 is 2.39 bits per heavy atom. The van der Waals surface area contributed by atoms with E-state index in [0.717, 1.165) is 12.7 Å². The lowest BCUT2D eigenvalue weighted by Gasteiger charge is -2.40. The lowest BCUT2D eigenvalue weighted by atomic mass is 9.99. The molecule has 1 unspecified atom stereocenters. The van der Waals surface area contributed by atoms with Crippen LogP contribution in [0.4, 0.5) is 0 Å². The zero-order valence-electron chi connectivity index (χ0n) is 15.4. The summed E-state index contributed by atoms with van der Waals surface area (Å²) >= 11 is 0. The van der Waals surface area contributed by atoms with Crippen LogP contribution in [0.3, 0.4) is 0 Å². The average molecular weight is 324 g/mol. The average Bonchev–Trinajstić information content (AvgIpc) is 2.98. The van der Waals surface area contributed by atoms with Crippen molar-refractivity contribution in [1.82, 2.24) is 24.7 Å². The molecule has 0 aromatic rings. The molecule has 5 nitrogen and oxygen atoms in total. The van der Waals surface area contributed by atoms with Crippen molar-refractivity contribution in [3.05, 3.63) is 0 Å². The number of rotatable bonds is 6. The molecular formula is C18H37N5. The summed E-state index contributed by atoms with van der Waals surface area (Å²) in [6.45, 7) is 11.3. The van der Waals surface area contributed by atoms with Crippen molar-refractivity contribution in [3.63, 3.8) is 0 Å². The molecule has 0 spiro atoms. The van der Waals surface area contributed by atoms with Gasteiger partial charge in [0.15, 0.2) is 0 Å². The Hall–Kier alpha value is -0.200. The number of hydrogen-bond donors (Lipinski definition) is 0. The Kier molecular flexibility index (Phi) is 6.72. The van der Waals surface area contributed by atoms with Crippen molar-refractivity contribution in [2.45, 2.75) is 44.6 Å². The number of piperidine rings is 1.